The van der Waals surface area contributed by atoms with Crippen LogP contribution in [0.2, 0.25) is 0 Å². The minimum atomic E-state index is -1.64. The van der Waals surface area contributed by atoms with Gasteiger partial charge in [0.1, 0.15) is 5.60 Å². The van der Waals surface area contributed by atoms with Crippen LogP contribution >= 0.6 is 0 Å². The molecule has 9 nitrogen and oxygen atoms in total. The van der Waals surface area contributed by atoms with Crippen molar-refractivity contribution in [2.45, 2.75) is 39.8 Å². The van der Waals surface area contributed by atoms with E-state index in [0.29, 0.717) is 49.4 Å². The van der Waals surface area contributed by atoms with Crippen LogP contribution in [0.25, 0.3) is 10.4 Å². The minimum absolute atomic E-state index is 0.311. The molecule has 1 aliphatic heterocycles. The lowest BCUT2D eigenvalue weighted by Gasteiger charge is -2.35. The summed E-state index contributed by atoms with van der Waals surface area (Å²) < 4.78 is 5.40. The van der Waals surface area contributed by atoms with Gasteiger partial charge in [0.2, 0.25) is 0 Å². The van der Waals surface area contributed by atoms with Gasteiger partial charge in [-0.15, -0.1) is 0 Å². The van der Waals surface area contributed by atoms with Crippen LogP contribution in [-0.4, -0.2) is 64.8 Å². The smallest absolute Gasteiger partial charge is 0.444 e. The Hall–Kier alpha value is -2.26. The molecule has 0 atom stereocenters. The first-order valence-corrected chi connectivity index (χ1v) is 8.85. The topological polar surface area (TPSA) is 122 Å². The van der Waals surface area contributed by atoms with E-state index >= 15 is 0 Å². The van der Waals surface area contributed by atoms with Crippen molar-refractivity contribution in [1.82, 2.24) is 9.80 Å². The molecule has 27 heavy (non-hydrogen) atoms. The highest BCUT2D eigenvalue weighted by Crippen LogP contribution is 2.21. The van der Waals surface area contributed by atoms with E-state index in [9.17, 15) is 14.8 Å². The highest BCUT2D eigenvalue weighted by molar-refractivity contribution is 6.59. The molecule has 0 bridgehead atoms. The maximum Gasteiger partial charge on any atom is 0.488 e. The molecule has 0 saturated carbocycles. The summed E-state index contributed by atoms with van der Waals surface area (Å²) in [6, 6.07) is 3.46. The predicted molar refractivity (Wildman–Crippen MR) is 103 cm³/mol. The van der Waals surface area contributed by atoms with Gasteiger partial charge in [0.25, 0.3) is 0 Å². The van der Waals surface area contributed by atoms with Crippen LogP contribution in [0.15, 0.2) is 17.2 Å². The molecule has 0 spiro atoms. The SMILES string of the molecule is Cc1c(N=[N+]=[N-])cc(CN2CCN(C(=O)OC(C)(C)C)CC2)cc1B(O)O. The van der Waals surface area contributed by atoms with Crippen LogP contribution in [0.1, 0.15) is 31.9 Å². The number of rotatable bonds is 4. The van der Waals surface area contributed by atoms with E-state index < -0.39 is 12.7 Å². The maximum absolute atomic E-state index is 12.1. The van der Waals surface area contributed by atoms with E-state index in [4.69, 9.17) is 10.3 Å². The van der Waals surface area contributed by atoms with Crippen molar-refractivity contribution in [3.63, 3.8) is 0 Å². The summed E-state index contributed by atoms with van der Waals surface area (Å²) in [6.07, 6.45) is -0.311. The van der Waals surface area contributed by atoms with Crippen LogP contribution in [0, 0.1) is 6.92 Å². The molecular weight excluding hydrogens is 349 g/mol. The third kappa shape index (κ3) is 5.87. The van der Waals surface area contributed by atoms with Crippen molar-refractivity contribution in [1.29, 1.82) is 0 Å². The predicted octanol–water partition coefficient (Wildman–Crippen LogP) is 1.67. The summed E-state index contributed by atoms with van der Waals surface area (Å²) >= 11 is 0. The third-order valence-corrected chi connectivity index (χ3v) is 4.34. The molecule has 1 aliphatic rings. The Balaban J connectivity index is 2.05. The second-order valence-corrected chi connectivity index (χ2v) is 7.64. The fraction of sp³-hybridized carbons (Fsp3) is 0.588. The Morgan fingerprint density at radius 2 is 1.93 bits per heavy atom. The van der Waals surface area contributed by atoms with Gasteiger partial charge in [-0.05, 0) is 55.9 Å². The summed E-state index contributed by atoms with van der Waals surface area (Å²) in [4.78, 5) is 18.8. The number of amides is 1. The molecule has 0 radical (unpaired) electrons. The van der Waals surface area contributed by atoms with Gasteiger partial charge in [-0.3, -0.25) is 4.90 Å². The van der Waals surface area contributed by atoms with Crippen molar-refractivity contribution in [3.8, 4) is 0 Å². The lowest BCUT2D eigenvalue weighted by atomic mass is 9.76. The van der Waals surface area contributed by atoms with Gasteiger partial charge in [-0.25, -0.2) is 4.79 Å². The number of hydrogen-bond donors (Lipinski definition) is 2. The number of ether oxygens (including phenoxy) is 1. The second kappa shape index (κ2) is 8.62. The molecule has 0 unspecified atom stereocenters. The average Bonchev–Trinajstić information content (AvgIpc) is 2.56. The Labute approximate surface area is 159 Å². The zero-order chi connectivity index (χ0) is 20.2. The second-order valence-electron chi connectivity index (χ2n) is 7.64. The summed E-state index contributed by atoms with van der Waals surface area (Å²) in [6.45, 7) is 10.2. The van der Waals surface area contributed by atoms with E-state index in [-0.39, 0.29) is 6.09 Å². The molecule has 0 aliphatic carbocycles. The number of piperazine rings is 1. The van der Waals surface area contributed by atoms with Crippen molar-refractivity contribution < 1.29 is 19.6 Å². The lowest BCUT2D eigenvalue weighted by Crippen LogP contribution is -2.49. The standard InChI is InChI=1S/C17H26BN5O4/c1-12-14(18(25)26)9-13(10-15(12)20-21-19)11-22-5-7-23(8-6-22)16(24)27-17(2,3)4/h9-10,25-26H,5-8,11H2,1-4H3. The fourth-order valence-corrected chi connectivity index (χ4v) is 2.97. The molecule has 0 aromatic heterocycles. The van der Waals surface area contributed by atoms with Gasteiger partial charge in [0, 0.05) is 43.3 Å². The number of nitrogens with zero attached hydrogens (tertiary/aromatic N) is 5. The zero-order valence-corrected chi connectivity index (χ0v) is 16.2. The Morgan fingerprint density at radius 3 is 2.44 bits per heavy atom. The van der Waals surface area contributed by atoms with Crippen LogP contribution in [0.5, 0.6) is 0 Å². The molecule has 1 amide bonds. The molecular formula is C17H26BN5O4. The lowest BCUT2D eigenvalue weighted by molar-refractivity contribution is 0.0139. The number of benzene rings is 1. The normalized spacial score (nSPS) is 15.3. The van der Waals surface area contributed by atoms with E-state index in [0.717, 1.165) is 5.56 Å². The Morgan fingerprint density at radius 1 is 1.30 bits per heavy atom. The fourth-order valence-electron chi connectivity index (χ4n) is 2.97. The first-order chi connectivity index (χ1) is 12.6. The van der Waals surface area contributed by atoms with Crippen molar-refractivity contribution in [2.24, 2.45) is 5.11 Å². The van der Waals surface area contributed by atoms with Crippen molar-refractivity contribution in [3.05, 3.63) is 33.7 Å². The van der Waals surface area contributed by atoms with Gasteiger partial charge in [0.15, 0.2) is 0 Å². The molecule has 1 aromatic rings. The summed E-state index contributed by atoms with van der Waals surface area (Å²) in [7, 11) is -1.64. The molecule has 1 heterocycles. The number of carbonyl (C=O) groups excluding carboxylic acids is 1. The largest absolute Gasteiger partial charge is 0.488 e. The Bertz CT molecular complexity index is 736. The zero-order valence-electron chi connectivity index (χ0n) is 16.2. The quantitative estimate of drug-likeness (QED) is 0.359. The highest BCUT2D eigenvalue weighted by Gasteiger charge is 2.26. The van der Waals surface area contributed by atoms with Gasteiger partial charge >= 0.3 is 13.2 Å². The molecule has 1 aromatic carbocycles. The molecule has 2 N–H and O–H groups in total. The minimum Gasteiger partial charge on any atom is -0.444 e. The Kier molecular flexibility index (Phi) is 6.72. The monoisotopic (exact) mass is 375 g/mol. The van der Waals surface area contributed by atoms with Gasteiger partial charge in [-0.2, -0.15) is 0 Å². The molecule has 2 rings (SSSR count). The number of carbonyl (C=O) groups is 1. The van der Waals surface area contributed by atoms with E-state index in [1.54, 1.807) is 24.0 Å². The highest BCUT2D eigenvalue weighted by atomic mass is 16.6. The molecule has 1 saturated heterocycles. The molecule has 10 heteroatoms. The van der Waals surface area contributed by atoms with E-state index in [2.05, 4.69) is 14.9 Å². The number of azide groups is 1. The van der Waals surface area contributed by atoms with Gasteiger partial charge in [0.05, 0.1) is 0 Å². The molecule has 146 valence electrons. The van der Waals surface area contributed by atoms with E-state index in [1.165, 1.54) is 0 Å². The van der Waals surface area contributed by atoms with Crippen LogP contribution in [0.3, 0.4) is 0 Å². The maximum atomic E-state index is 12.1. The number of hydrogen-bond acceptors (Lipinski definition) is 6. The third-order valence-electron chi connectivity index (χ3n) is 4.34. The average molecular weight is 375 g/mol. The van der Waals surface area contributed by atoms with E-state index in [1.807, 2.05) is 20.8 Å². The van der Waals surface area contributed by atoms with Crippen LogP contribution in [0.4, 0.5) is 10.5 Å². The van der Waals surface area contributed by atoms with Crippen LogP contribution < -0.4 is 5.46 Å². The van der Waals surface area contributed by atoms with Crippen molar-refractivity contribution >= 4 is 24.4 Å². The van der Waals surface area contributed by atoms with Crippen LogP contribution in [-0.2, 0) is 11.3 Å². The first-order valence-electron chi connectivity index (χ1n) is 8.85. The molecule has 1 fully saturated rings. The first kappa shape index (κ1) is 21.0. The van der Waals surface area contributed by atoms with Gasteiger partial charge < -0.3 is 19.7 Å². The van der Waals surface area contributed by atoms with Crippen molar-refractivity contribution in [2.75, 3.05) is 26.2 Å². The van der Waals surface area contributed by atoms with Gasteiger partial charge in [-0.1, -0.05) is 11.2 Å². The summed E-state index contributed by atoms with van der Waals surface area (Å²) in [5.74, 6) is 0. The summed E-state index contributed by atoms with van der Waals surface area (Å²) in [5.41, 5.74) is 10.3. The summed E-state index contributed by atoms with van der Waals surface area (Å²) in [5, 5.41) is 22.8.